The van der Waals surface area contributed by atoms with Crippen LogP contribution in [0.1, 0.15) is 22.6 Å². The molecule has 0 radical (unpaired) electrons. The molecule has 0 saturated heterocycles. The second-order valence-electron chi connectivity index (χ2n) is 9.29. The molecule has 9 nitrogen and oxygen atoms in total. The van der Waals surface area contributed by atoms with Crippen molar-refractivity contribution < 1.29 is 33.2 Å². The molecule has 3 aromatic rings. The van der Waals surface area contributed by atoms with Crippen molar-refractivity contribution in [1.29, 1.82) is 0 Å². The Balaban J connectivity index is 1.58. The van der Waals surface area contributed by atoms with Crippen LogP contribution in [0.4, 0.5) is 5.69 Å². The number of nitrogens with zero attached hydrogens (tertiary/aromatic N) is 2. The summed E-state index contributed by atoms with van der Waals surface area (Å²) in [7, 11) is 6.13. The van der Waals surface area contributed by atoms with E-state index in [4.69, 9.17) is 33.5 Å². The molecule has 9 heteroatoms. The molecule has 3 aliphatic rings. The van der Waals surface area contributed by atoms with Gasteiger partial charge in [-0.05, 0) is 47.5 Å². The molecule has 0 aromatic heterocycles. The van der Waals surface area contributed by atoms with Gasteiger partial charge in [-0.2, -0.15) is 5.10 Å². The molecular formula is C29H28N2O7. The van der Waals surface area contributed by atoms with Gasteiger partial charge in [0.25, 0.3) is 0 Å². The Morgan fingerprint density at radius 1 is 0.921 bits per heavy atom. The van der Waals surface area contributed by atoms with E-state index in [0.717, 1.165) is 28.1 Å². The first-order chi connectivity index (χ1) is 18.6. The minimum absolute atomic E-state index is 0.138. The number of anilines is 1. The standard InChI is InChI=1S/C29H28N2O7/c1-33-23-10-16(11-24(34-2)28(23)35-3)25-18-12-21-22(38-15-37-21)13-19(18)27-20(26(25)29(32)36-4)14-31(30-27)17-8-6-5-7-9-17/h5-13,20,25-26H,14-15H2,1-4H3/t20-,25+,26-/m0/s1. The van der Waals surface area contributed by atoms with Crippen LogP contribution in [-0.2, 0) is 9.53 Å². The highest BCUT2D eigenvalue weighted by Crippen LogP contribution is 2.52. The van der Waals surface area contributed by atoms with Crippen LogP contribution >= 0.6 is 0 Å². The summed E-state index contributed by atoms with van der Waals surface area (Å²) in [5.74, 6) is 1.25. The van der Waals surface area contributed by atoms with E-state index in [-0.39, 0.29) is 18.7 Å². The van der Waals surface area contributed by atoms with Crippen molar-refractivity contribution in [3.63, 3.8) is 0 Å². The highest BCUT2D eigenvalue weighted by molar-refractivity contribution is 6.10. The van der Waals surface area contributed by atoms with Gasteiger partial charge >= 0.3 is 5.97 Å². The third kappa shape index (κ3) is 3.69. The Morgan fingerprint density at radius 3 is 2.24 bits per heavy atom. The Hall–Kier alpha value is -4.40. The predicted octanol–water partition coefficient (Wildman–Crippen LogP) is 4.22. The summed E-state index contributed by atoms with van der Waals surface area (Å²) in [6.07, 6.45) is 0. The molecule has 0 unspecified atom stereocenters. The van der Waals surface area contributed by atoms with Gasteiger partial charge in [0.1, 0.15) is 0 Å². The minimum atomic E-state index is -0.567. The fourth-order valence-electron chi connectivity index (χ4n) is 5.79. The monoisotopic (exact) mass is 516 g/mol. The first-order valence-corrected chi connectivity index (χ1v) is 12.3. The fraction of sp³-hybridized carbons (Fsp3) is 0.310. The number of hydrazone groups is 1. The van der Waals surface area contributed by atoms with Crippen LogP contribution in [0.25, 0.3) is 0 Å². The molecule has 0 bridgehead atoms. The Kier molecular flexibility index (Phi) is 5.98. The van der Waals surface area contributed by atoms with E-state index in [1.165, 1.54) is 7.11 Å². The van der Waals surface area contributed by atoms with Crippen molar-refractivity contribution in [2.24, 2.45) is 16.9 Å². The van der Waals surface area contributed by atoms with Crippen molar-refractivity contribution in [2.45, 2.75) is 5.92 Å². The van der Waals surface area contributed by atoms with Gasteiger partial charge in [-0.25, -0.2) is 0 Å². The van der Waals surface area contributed by atoms with Crippen molar-refractivity contribution in [1.82, 2.24) is 0 Å². The van der Waals surface area contributed by atoms with E-state index in [0.29, 0.717) is 35.3 Å². The van der Waals surface area contributed by atoms with Gasteiger partial charge in [-0.3, -0.25) is 9.80 Å². The van der Waals surface area contributed by atoms with Crippen LogP contribution in [0, 0.1) is 11.8 Å². The molecular weight excluding hydrogens is 488 g/mol. The molecule has 0 amide bonds. The molecule has 2 aliphatic heterocycles. The van der Waals surface area contributed by atoms with E-state index in [9.17, 15) is 4.79 Å². The number of carbonyl (C=O) groups excluding carboxylic acids is 1. The lowest BCUT2D eigenvalue weighted by atomic mass is 9.65. The molecule has 0 fully saturated rings. The Morgan fingerprint density at radius 2 is 1.61 bits per heavy atom. The van der Waals surface area contributed by atoms with E-state index in [2.05, 4.69) is 0 Å². The SMILES string of the molecule is COC(=O)[C@@H]1[C@H](c2cc(OC)c(OC)c(OC)c2)c2cc3c(cc2C2=NN(c4ccccc4)C[C@H]21)OCO3. The summed E-state index contributed by atoms with van der Waals surface area (Å²) in [5.41, 5.74) is 4.40. The van der Waals surface area contributed by atoms with Crippen LogP contribution in [0.5, 0.6) is 28.7 Å². The topological polar surface area (TPSA) is 88.1 Å². The van der Waals surface area contributed by atoms with Gasteiger partial charge in [0.05, 0.1) is 52.3 Å². The second-order valence-corrected chi connectivity index (χ2v) is 9.29. The molecule has 2 heterocycles. The predicted molar refractivity (Wildman–Crippen MR) is 140 cm³/mol. The summed E-state index contributed by atoms with van der Waals surface area (Å²) < 4.78 is 33.7. The number of para-hydroxylation sites is 1. The van der Waals surface area contributed by atoms with Gasteiger partial charge in [0, 0.05) is 17.4 Å². The first-order valence-electron chi connectivity index (χ1n) is 12.3. The van der Waals surface area contributed by atoms with Crippen molar-refractivity contribution in [2.75, 3.05) is 46.8 Å². The average molecular weight is 517 g/mol. The number of carbonyl (C=O) groups is 1. The third-order valence-electron chi connectivity index (χ3n) is 7.47. The third-order valence-corrected chi connectivity index (χ3v) is 7.47. The molecule has 6 rings (SSSR count). The largest absolute Gasteiger partial charge is 0.493 e. The van der Waals surface area contributed by atoms with E-state index in [1.54, 1.807) is 21.3 Å². The zero-order valence-corrected chi connectivity index (χ0v) is 21.6. The summed E-state index contributed by atoms with van der Waals surface area (Å²) in [5, 5.41) is 6.96. The van der Waals surface area contributed by atoms with Crippen molar-refractivity contribution in [3.8, 4) is 28.7 Å². The summed E-state index contributed by atoms with van der Waals surface area (Å²) >= 11 is 0. The lowest BCUT2D eigenvalue weighted by molar-refractivity contribution is -0.147. The first kappa shape index (κ1) is 24.0. The van der Waals surface area contributed by atoms with Crippen LogP contribution in [0.15, 0.2) is 59.7 Å². The maximum atomic E-state index is 13.6. The molecule has 3 atom stereocenters. The van der Waals surface area contributed by atoms with Gasteiger partial charge in [0.15, 0.2) is 23.0 Å². The van der Waals surface area contributed by atoms with Crippen molar-refractivity contribution in [3.05, 3.63) is 71.3 Å². The van der Waals surface area contributed by atoms with Gasteiger partial charge in [0.2, 0.25) is 12.5 Å². The molecule has 1 aliphatic carbocycles. The smallest absolute Gasteiger partial charge is 0.310 e. The zero-order valence-electron chi connectivity index (χ0n) is 21.6. The zero-order chi connectivity index (χ0) is 26.4. The normalized spacial score (nSPS) is 20.8. The van der Waals surface area contributed by atoms with Crippen molar-refractivity contribution >= 4 is 17.4 Å². The number of benzene rings is 3. The number of esters is 1. The average Bonchev–Trinajstić information content (AvgIpc) is 3.61. The summed E-state index contributed by atoms with van der Waals surface area (Å²) in [4.78, 5) is 13.6. The number of hydrogen-bond acceptors (Lipinski definition) is 9. The van der Waals surface area contributed by atoms with Crippen LogP contribution < -0.4 is 28.7 Å². The highest BCUT2D eigenvalue weighted by Gasteiger charge is 2.50. The van der Waals surface area contributed by atoms with E-state index in [1.807, 2.05) is 59.6 Å². The quantitative estimate of drug-likeness (QED) is 0.450. The number of rotatable bonds is 6. The minimum Gasteiger partial charge on any atom is -0.493 e. The maximum Gasteiger partial charge on any atom is 0.310 e. The van der Waals surface area contributed by atoms with E-state index >= 15 is 0 Å². The lowest BCUT2D eigenvalue weighted by Crippen LogP contribution is -2.41. The fourth-order valence-corrected chi connectivity index (χ4v) is 5.79. The molecule has 0 saturated carbocycles. The Labute approximate surface area is 220 Å². The Bertz CT molecular complexity index is 1400. The molecule has 0 N–H and O–H groups in total. The molecule has 0 spiro atoms. The van der Waals surface area contributed by atoms with Gasteiger partial charge < -0.3 is 28.4 Å². The van der Waals surface area contributed by atoms with E-state index < -0.39 is 11.8 Å². The number of hydrogen-bond donors (Lipinski definition) is 0. The van der Waals surface area contributed by atoms with Crippen LogP contribution in [-0.4, -0.2) is 53.5 Å². The number of methoxy groups -OCH3 is 4. The summed E-state index contributed by atoms with van der Waals surface area (Å²) in [6.45, 7) is 0.660. The number of ether oxygens (including phenoxy) is 6. The molecule has 196 valence electrons. The molecule has 38 heavy (non-hydrogen) atoms. The second kappa shape index (κ2) is 9.48. The van der Waals surface area contributed by atoms with Crippen LogP contribution in [0.3, 0.4) is 0 Å². The summed E-state index contributed by atoms with van der Waals surface area (Å²) in [6, 6.07) is 17.6. The maximum absolute atomic E-state index is 13.6. The molecule has 3 aromatic carbocycles. The van der Waals surface area contributed by atoms with Gasteiger partial charge in [-0.15, -0.1) is 0 Å². The van der Waals surface area contributed by atoms with Crippen LogP contribution in [0.2, 0.25) is 0 Å². The number of fused-ring (bicyclic) bond motifs is 4. The highest BCUT2D eigenvalue weighted by atomic mass is 16.7. The van der Waals surface area contributed by atoms with Gasteiger partial charge in [-0.1, -0.05) is 18.2 Å². The lowest BCUT2D eigenvalue weighted by Gasteiger charge is -2.37.